The molecular weight excluding hydrogens is 360 g/mol. The minimum atomic E-state index is -0.475. The van der Waals surface area contributed by atoms with Gasteiger partial charge in [-0.15, -0.1) is 0 Å². The Morgan fingerprint density at radius 3 is 2.75 bits per heavy atom. The van der Waals surface area contributed by atoms with Gasteiger partial charge in [0.2, 0.25) is 0 Å². The summed E-state index contributed by atoms with van der Waals surface area (Å²) in [6, 6.07) is 0. The molecular formula is C22H30O6. The highest BCUT2D eigenvalue weighted by Gasteiger charge is 2.37. The van der Waals surface area contributed by atoms with E-state index in [1.807, 2.05) is 13.0 Å². The van der Waals surface area contributed by atoms with Gasteiger partial charge in [0.1, 0.15) is 18.8 Å². The summed E-state index contributed by atoms with van der Waals surface area (Å²) in [5.41, 5.74) is 3.33. The lowest BCUT2D eigenvalue weighted by atomic mass is 9.88. The molecule has 6 heteroatoms. The van der Waals surface area contributed by atoms with Crippen molar-refractivity contribution in [2.45, 2.75) is 64.6 Å². The summed E-state index contributed by atoms with van der Waals surface area (Å²) in [5, 5.41) is 9.26. The van der Waals surface area contributed by atoms with Crippen LogP contribution < -0.4 is 0 Å². The third-order valence-corrected chi connectivity index (χ3v) is 5.33. The maximum Gasteiger partial charge on any atom is 0.334 e. The second kappa shape index (κ2) is 10.4. The number of hydrogen-bond acceptors (Lipinski definition) is 6. The molecule has 3 unspecified atom stereocenters. The SMILES string of the molecule is C=C1CCC=C(C)CC2OC(=O)C(=C)C2CC=C(COC(C)=O)CCC1OO. The zero-order chi connectivity index (χ0) is 20.7. The predicted octanol–water partition coefficient (Wildman–Crippen LogP) is 4.29. The smallest absolute Gasteiger partial charge is 0.334 e. The van der Waals surface area contributed by atoms with Crippen LogP contribution in [0.4, 0.5) is 0 Å². The molecule has 1 N–H and O–H groups in total. The molecule has 28 heavy (non-hydrogen) atoms. The van der Waals surface area contributed by atoms with Crippen LogP contribution in [0.3, 0.4) is 0 Å². The van der Waals surface area contributed by atoms with Crippen molar-refractivity contribution >= 4 is 11.9 Å². The van der Waals surface area contributed by atoms with Crippen molar-refractivity contribution in [2.75, 3.05) is 6.61 Å². The van der Waals surface area contributed by atoms with E-state index in [4.69, 9.17) is 9.47 Å². The van der Waals surface area contributed by atoms with Crippen LogP contribution in [-0.2, 0) is 24.0 Å². The number of carbonyl (C=O) groups excluding carboxylic acids is 2. The molecule has 0 aromatic carbocycles. The number of carbonyl (C=O) groups is 2. The second-order valence-corrected chi connectivity index (χ2v) is 7.54. The largest absolute Gasteiger partial charge is 0.461 e. The summed E-state index contributed by atoms with van der Waals surface area (Å²) in [6.07, 6.45) is 7.16. The van der Waals surface area contributed by atoms with Crippen LogP contribution in [0.25, 0.3) is 0 Å². The molecule has 2 aliphatic rings. The van der Waals surface area contributed by atoms with E-state index in [9.17, 15) is 14.8 Å². The van der Waals surface area contributed by atoms with Crippen LogP contribution in [0.15, 0.2) is 47.6 Å². The maximum absolute atomic E-state index is 12.0. The zero-order valence-electron chi connectivity index (χ0n) is 16.7. The number of hydrogen-bond donors (Lipinski definition) is 1. The molecule has 6 nitrogen and oxygen atoms in total. The molecule has 1 aliphatic carbocycles. The van der Waals surface area contributed by atoms with Gasteiger partial charge in [0, 0.05) is 24.8 Å². The molecule has 0 radical (unpaired) electrons. The second-order valence-electron chi connectivity index (χ2n) is 7.54. The Kier molecular flexibility index (Phi) is 8.20. The Morgan fingerprint density at radius 2 is 2.07 bits per heavy atom. The first-order valence-electron chi connectivity index (χ1n) is 9.66. The van der Waals surface area contributed by atoms with Gasteiger partial charge in [0.15, 0.2) is 0 Å². The quantitative estimate of drug-likeness (QED) is 0.255. The highest BCUT2D eigenvalue weighted by atomic mass is 17.1. The van der Waals surface area contributed by atoms with Gasteiger partial charge in [-0.3, -0.25) is 10.1 Å². The Balaban J connectivity index is 2.25. The third kappa shape index (κ3) is 6.17. The number of ether oxygens (including phenoxy) is 2. The van der Waals surface area contributed by atoms with E-state index in [1.165, 1.54) is 6.92 Å². The minimum absolute atomic E-state index is 0.106. The Labute approximate surface area is 166 Å². The van der Waals surface area contributed by atoms with Gasteiger partial charge >= 0.3 is 11.9 Å². The van der Waals surface area contributed by atoms with Gasteiger partial charge < -0.3 is 9.47 Å². The van der Waals surface area contributed by atoms with Gasteiger partial charge in [-0.1, -0.05) is 30.9 Å². The minimum Gasteiger partial charge on any atom is -0.461 e. The van der Waals surface area contributed by atoms with Crippen LogP contribution in [0.2, 0.25) is 0 Å². The van der Waals surface area contributed by atoms with E-state index in [0.29, 0.717) is 37.7 Å². The molecule has 1 fully saturated rings. The average molecular weight is 390 g/mol. The van der Waals surface area contributed by atoms with Gasteiger partial charge in [-0.2, -0.15) is 0 Å². The summed E-state index contributed by atoms with van der Waals surface area (Å²) in [4.78, 5) is 27.9. The van der Waals surface area contributed by atoms with Crippen molar-refractivity contribution < 1.29 is 29.2 Å². The van der Waals surface area contributed by atoms with Crippen molar-refractivity contribution in [3.8, 4) is 0 Å². The molecule has 0 aromatic heterocycles. The fraction of sp³-hybridized carbons (Fsp3) is 0.545. The molecule has 1 aliphatic heterocycles. The standard InChI is InChI=1S/C22H30O6/c1-14-6-5-7-15(2)20(28-25)11-9-18(13-26-17(4)23)8-10-19-16(3)22(24)27-21(19)12-14/h6,8,19-21,25H,2-3,5,7,9-13H2,1,4H3. The average Bonchev–Trinajstić information content (AvgIpc) is 2.89. The summed E-state index contributed by atoms with van der Waals surface area (Å²) < 4.78 is 10.7. The van der Waals surface area contributed by atoms with E-state index in [1.54, 1.807) is 0 Å². The van der Waals surface area contributed by atoms with Crippen molar-refractivity contribution in [3.05, 3.63) is 47.6 Å². The first kappa shape index (κ1) is 22.1. The first-order chi connectivity index (χ1) is 13.3. The van der Waals surface area contributed by atoms with E-state index in [0.717, 1.165) is 23.1 Å². The van der Waals surface area contributed by atoms with Gasteiger partial charge in [-0.05, 0) is 50.2 Å². The number of rotatable bonds is 3. The fourth-order valence-corrected chi connectivity index (χ4v) is 3.58. The zero-order valence-corrected chi connectivity index (χ0v) is 16.7. The third-order valence-electron chi connectivity index (χ3n) is 5.33. The molecule has 0 spiro atoms. The van der Waals surface area contributed by atoms with E-state index >= 15 is 0 Å². The molecule has 1 saturated heterocycles. The number of fused-ring (bicyclic) bond motifs is 1. The molecule has 0 saturated carbocycles. The molecule has 2 rings (SSSR count). The first-order valence-corrected chi connectivity index (χ1v) is 9.66. The van der Waals surface area contributed by atoms with Crippen LogP contribution in [-0.4, -0.2) is 36.0 Å². The lowest BCUT2D eigenvalue weighted by Gasteiger charge is -2.20. The van der Waals surface area contributed by atoms with Gasteiger partial charge in [0.25, 0.3) is 0 Å². The predicted molar refractivity (Wildman–Crippen MR) is 105 cm³/mol. The summed E-state index contributed by atoms with van der Waals surface area (Å²) >= 11 is 0. The van der Waals surface area contributed by atoms with Crippen molar-refractivity contribution in [1.82, 2.24) is 0 Å². The lowest BCUT2D eigenvalue weighted by Crippen LogP contribution is -2.18. The topological polar surface area (TPSA) is 82.1 Å². The Morgan fingerprint density at radius 1 is 1.32 bits per heavy atom. The molecule has 3 atom stereocenters. The molecule has 0 aromatic rings. The monoisotopic (exact) mass is 390 g/mol. The maximum atomic E-state index is 12.0. The highest BCUT2D eigenvalue weighted by Crippen LogP contribution is 2.34. The van der Waals surface area contributed by atoms with Gasteiger partial charge in [-0.25, -0.2) is 9.68 Å². The summed E-state index contributed by atoms with van der Waals surface area (Å²) in [7, 11) is 0. The highest BCUT2D eigenvalue weighted by molar-refractivity contribution is 5.90. The van der Waals surface area contributed by atoms with Crippen LogP contribution in [0.1, 0.15) is 52.4 Å². The molecule has 1 heterocycles. The Hall–Kier alpha value is -2.18. The van der Waals surface area contributed by atoms with E-state index in [-0.39, 0.29) is 30.6 Å². The number of allylic oxidation sites excluding steroid dienone is 2. The Bertz CT molecular complexity index is 687. The summed E-state index contributed by atoms with van der Waals surface area (Å²) in [6.45, 7) is 11.5. The van der Waals surface area contributed by atoms with Crippen molar-refractivity contribution in [2.24, 2.45) is 5.92 Å². The fourth-order valence-electron chi connectivity index (χ4n) is 3.58. The van der Waals surface area contributed by atoms with Crippen LogP contribution in [0, 0.1) is 5.92 Å². The molecule has 0 bridgehead atoms. The normalized spacial score (nSPS) is 27.2. The van der Waals surface area contributed by atoms with Crippen molar-refractivity contribution in [3.63, 3.8) is 0 Å². The van der Waals surface area contributed by atoms with E-state index in [2.05, 4.69) is 24.1 Å². The van der Waals surface area contributed by atoms with Crippen LogP contribution >= 0.6 is 0 Å². The lowest BCUT2D eigenvalue weighted by molar-refractivity contribution is -0.270. The summed E-state index contributed by atoms with van der Waals surface area (Å²) in [5.74, 6) is -0.808. The van der Waals surface area contributed by atoms with Gasteiger partial charge in [0.05, 0.1) is 0 Å². The van der Waals surface area contributed by atoms with Crippen molar-refractivity contribution in [1.29, 1.82) is 0 Å². The molecule has 0 amide bonds. The molecule has 154 valence electrons. The van der Waals surface area contributed by atoms with Crippen LogP contribution in [0.5, 0.6) is 0 Å². The number of esters is 2. The van der Waals surface area contributed by atoms with E-state index < -0.39 is 6.10 Å².